The van der Waals surface area contributed by atoms with Crippen LogP contribution in [0.15, 0.2) is 24.3 Å². The zero-order valence-corrected chi connectivity index (χ0v) is 10.8. The van der Waals surface area contributed by atoms with E-state index in [9.17, 15) is 0 Å². The molecule has 1 saturated heterocycles. The third-order valence-corrected chi connectivity index (χ3v) is 3.61. The van der Waals surface area contributed by atoms with E-state index in [0.29, 0.717) is 5.38 Å². The maximum absolute atomic E-state index is 6.06. The Kier molecular flexibility index (Phi) is 3.68. The standard InChI is InChI=1S/C11H13ClIN/c12-10-5-6-14(8-10)7-9-1-3-11(13)4-2-9/h1-4,10H,5-8H2. The molecular formula is C11H13ClIN. The largest absolute Gasteiger partial charge is 0.298 e. The number of rotatable bonds is 2. The average molecular weight is 322 g/mol. The van der Waals surface area contributed by atoms with E-state index in [1.54, 1.807) is 0 Å². The molecule has 1 unspecified atom stereocenters. The summed E-state index contributed by atoms with van der Waals surface area (Å²) in [7, 11) is 0. The van der Waals surface area contributed by atoms with Crippen molar-refractivity contribution in [3.63, 3.8) is 0 Å². The predicted octanol–water partition coefficient (Wildman–Crippen LogP) is 3.10. The molecule has 0 N–H and O–H groups in total. The topological polar surface area (TPSA) is 3.24 Å². The Morgan fingerprint density at radius 1 is 1.36 bits per heavy atom. The highest BCUT2D eigenvalue weighted by molar-refractivity contribution is 14.1. The van der Waals surface area contributed by atoms with E-state index in [2.05, 4.69) is 51.8 Å². The highest BCUT2D eigenvalue weighted by atomic mass is 127. The summed E-state index contributed by atoms with van der Waals surface area (Å²) in [4.78, 5) is 2.42. The van der Waals surface area contributed by atoms with Crippen molar-refractivity contribution in [1.82, 2.24) is 4.90 Å². The molecule has 76 valence electrons. The first-order valence-electron chi connectivity index (χ1n) is 4.85. The van der Waals surface area contributed by atoms with Crippen molar-refractivity contribution in [2.24, 2.45) is 0 Å². The van der Waals surface area contributed by atoms with Crippen molar-refractivity contribution in [3.8, 4) is 0 Å². The van der Waals surface area contributed by atoms with Crippen LogP contribution in [0.2, 0.25) is 0 Å². The van der Waals surface area contributed by atoms with Gasteiger partial charge in [0.15, 0.2) is 0 Å². The van der Waals surface area contributed by atoms with Gasteiger partial charge in [-0.05, 0) is 53.3 Å². The Morgan fingerprint density at radius 2 is 2.07 bits per heavy atom. The summed E-state index contributed by atoms with van der Waals surface area (Å²) in [5, 5.41) is 0.360. The summed E-state index contributed by atoms with van der Waals surface area (Å²) in [5.74, 6) is 0. The molecule has 2 rings (SSSR count). The molecule has 1 aliphatic rings. The smallest absolute Gasteiger partial charge is 0.0475 e. The first-order valence-corrected chi connectivity index (χ1v) is 6.36. The number of benzene rings is 1. The second-order valence-corrected chi connectivity index (χ2v) is 5.61. The average Bonchev–Trinajstić information content (AvgIpc) is 2.56. The molecule has 0 amide bonds. The van der Waals surface area contributed by atoms with E-state index in [1.165, 1.54) is 9.13 Å². The molecule has 0 aliphatic carbocycles. The zero-order chi connectivity index (χ0) is 9.97. The number of hydrogen-bond acceptors (Lipinski definition) is 1. The van der Waals surface area contributed by atoms with Crippen molar-refractivity contribution in [1.29, 1.82) is 0 Å². The maximum atomic E-state index is 6.06. The van der Waals surface area contributed by atoms with Crippen LogP contribution in [-0.4, -0.2) is 23.4 Å². The Hall–Kier alpha value is 0.200. The Morgan fingerprint density at radius 3 is 2.64 bits per heavy atom. The van der Waals surface area contributed by atoms with E-state index in [0.717, 1.165) is 26.1 Å². The molecule has 0 spiro atoms. The first-order chi connectivity index (χ1) is 6.74. The SMILES string of the molecule is ClC1CCN(Cc2ccc(I)cc2)C1. The fraction of sp³-hybridized carbons (Fsp3) is 0.455. The number of nitrogens with zero attached hydrogens (tertiary/aromatic N) is 1. The number of halogens is 2. The fourth-order valence-corrected chi connectivity index (χ4v) is 2.43. The van der Waals surface area contributed by atoms with Crippen molar-refractivity contribution in [3.05, 3.63) is 33.4 Å². The minimum Gasteiger partial charge on any atom is -0.298 e. The highest BCUT2D eigenvalue weighted by Gasteiger charge is 2.19. The molecule has 1 aromatic rings. The van der Waals surface area contributed by atoms with Gasteiger partial charge in [0, 0.05) is 22.0 Å². The van der Waals surface area contributed by atoms with Gasteiger partial charge in [0.1, 0.15) is 0 Å². The third-order valence-electron chi connectivity index (χ3n) is 2.53. The van der Waals surface area contributed by atoms with Gasteiger partial charge >= 0.3 is 0 Å². The number of likely N-dealkylation sites (tertiary alicyclic amines) is 1. The summed E-state index contributed by atoms with van der Waals surface area (Å²) in [6.45, 7) is 3.22. The van der Waals surface area contributed by atoms with Crippen LogP contribution in [0.25, 0.3) is 0 Å². The lowest BCUT2D eigenvalue weighted by atomic mass is 10.2. The second kappa shape index (κ2) is 4.81. The van der Waals surface area contributed by atoms with Crippen molar-refractivity contribution in [2.75, 3.05) is 13.1 Å². The van der Waals surface area contributed by atoms with Crippen molar-refractivity contribution < 1.29 is 0 Å². The van der Waals surface area contributed by atoms with Gasteiger partial charge in [-0.15, -0.1) is 11.6 Å². The van der Waals surface area contributed by atoms with Crippen LogP contribution in [0.5, 0.6) is 0 Å². The number of hydrogen-bond donors (Lipinski definition) is 0. The summed E-state index contributed by atoms with van der Waals surface area (Å²) < 4.78 is 1.29. The lowest BCUT2D eigenvalue weighted by molar-refractivity contribution is 0.332. The summed E-state index contributed by atoms with van der Waals surface area (Å²) in [5.41, 5.74) is 1.39. The van der Waals surface area contributed by atoms with Gasteiger partial charge in [0.2, 0.25) is 0 Å². The molecule has 0 saturated carbocycles. The van der Waals surface area contributed by atoms with Gasteiger partial charge in [-0.1, -0.05) is 12.1 Å². The van der Waals surface area contributed by atoms with Gasteiger partial charge in [0.05, 0.1) is 0 Å². The minimum atomic E-state index is 0.360. The molecule has 14 heavy (non-hydrogen) atoms. The second-order valence-electron chi connectivity index (χ2n) is 3.75. The van der Waals surface area contributed by atoms with Gasteiger partial charge in [-0.3, -0.25) is 4.90 Å². The van der Waals surface area contributed by atoms with E-state index < -0.39 is 0 Å². The Bertz CT molecular complexity index is 299. The van der Waals surface area contributed by atoms with Crippen LogP contribution in [0.4, 0.5) is 0 Å². The van der Waals surface area contributed by atoms with E-state index in [4.69, 9.17) is 11.6 Å². The normalized spacial score (nSPS) is 22.9. The molecular weight excluding hydrogens is 308 g/mol. The lowest BCUT2D eigenvalue weighted by Crippen LogP contribution is -2.20. The Balaban J connectivity index is 1.94. The minimum absolute atomic E-state index is 0.360. The van der Waals surface area contributed by atoms with Crippen molar-refractivity contribution >= 4 is 34.2 Å². The number of alkyl halides is 1. The van der Waals surface area contributed by atoms with Gasteiger partial charge in [-0.25, -0.2) is 0 Å². The van der Waals surface area contributed by atoms with Gasteiger partial charge in [-0.2, -0.15) is 0 Å². The third kappa shape index (κ3) is 2.84. The van der Waals surface area contributed by atoms with Crippen molar-refractivity contribution in [2.45, 2.75) is 18.3 Å². The summed E-state index contributed by atoms with van der Waals surface area (Å²) in [6.07, 6.45) is 1.13. The molecule has 0 bridgehead atoms. The molecule has 1 heterocycles. The molecule has 3 heteroatoms. The monoisotopic (exact) mass is 321 g/mol. The van der Waals surface area contributed by atoms with Crippen LogP contribution in [0.3, 0.4) is 0 Å². The van der Waals surface area contributed by atoms with Crippen LogP contribution in [-0.2, 0) is 6.54 Å². The summed E-state index contributed by atoms with van der Waals surface area (Å²) >= 11 is 8.39. The molecule has 1 aliphatic heterocycles. The van der Waals surface area contributed by atoms with E-state index in [1.807, 2.05) is 0 Å². The Labute approximate surface area is 104 Å². The molecule has 1 atom stereocenters. The van der Waals surface area contributed by atoms with Crippen LogP contribution in [0, 0.1) is 3.57 Å². The quantitative estimate of drug-likeness (QED) is 0.598. The predicted molar refractivity (Wildman–Crippen MR) is 68.7 cm³/mol. The summed E-state index contributed by atoms with van der Waals surface area (Å²) in [6, 6.07) is 8.71. The van der Waals surface area contributed by atoms with E-state index >= 15 is 0 Å². The molecule has 1 nitrogen and oxygen atoms in total. The molecule has 1 aromatic carbocycles. The fourth-order valence-electron chi connectivity index (χ4n) is 1.78. The van der Waals surface area contributed by atoms with Gasteiger partial charge < -0.3 is 0 Å². The van der Waals surface area contributed by atoms with Crippen LogP contribution >= 0.6 is 34.2 Å². The molecule has 1 fully saturated rings. The lowest BCUT2D eigenvalue weighted by Gasteiger charge is -2.14. The zero-order valence-electron chi connectivity index (χ0n) is 7.92. The molecule has 0 aromatic heterocycles. The van der Waals surface area contributed by atoms with Gasteiger partial charge in [0.25, 0.3) is 0 Å². The van der Waals surface area contributed by atoms with Crippen LogP contribution < -0.4 is 0 Å². The van der Waals surface area contributed by atoms with Crippen LogP contribution in [0.1, 0.15) is 12.0 Å². The first kappa shape index (κ1) is 10.7. The highest BCUT2D eigenvalue weighted by Crippen LogP contribution is 2.17. The van der Waals surface area contributed by atoms with E-state index in [-0.39, 0.29) is 0 Å². The molecule has 0 radical (unpaired) electrons. The maximum Gasteiger partial charge on any atom is 0.0475 e.